The van der Waals surface area contributed by atoms with Crippen molar-refractivity contribution in [2.45, 2.75) is 13.5 Å². The first kappa shape index (κ1) is 22.1. The molecule has 0 aromatic heterocycles. The number of halogens is 1. The molecule has 7 nitrogen and oxygen atoms in total. The van der Waals surface area contributed by atoms with Crippen LogP contribution in [0.1, 0.15) is 23.6 Å². The van der Waals surface area contributed by atoms with Crippen LogP contribution in [0.25, 0.3) is 6.08 Å². The largest absolute Gasteiger partial charge is 0.490 e. The van der Waals surface area contributed by atoms with Gasteiger partial charge in [-0.1, -0.05) is 40.2 Å². The summed E-state index contributed by atoms with van der Waals surface area (Å²) in [7, 11) is 0. The van der Waals surface area contributed by atoms with Gasteiger partial charge in [0.15, 0.2) is 11.5 Å². The lowest BCUT2D eigenvalue weighted by Gasteiger charge is -2.14. The second kappa shape index (κ2) is 9.96. The summed E-state index contributed by atoms with van der Waals surface area (Å²) < 4.78 is 12.3. The molecule has 3 amide bonds. The third-order valence-corrected chi connectivity index (χ3v) is 5.14. The Kier molecular flexibility index (Phi) is 7.11. The van der Waals surface area contributed by atoms with E-state index >= 15 is 0 Å². The predicted molar refractivity (Wildman–Crippen MR) is 119 cm³/mol. The molecule has 0 spiro atoms. The molecule has 1 aliphatic heterocycles. The molecule has 1 aliphatic rings. The van der Waals surface area contributed by atoms with Crippen molar-refractivity contribution in [1.29, 1.82) is 5.26 Å². The van der Waals surface area contributed by atoms with Crippen LogP contribution in [0.15, 0.2) is 59.2 Å². The van der Waals surface area contributed by atoms with Crippen molar-refractivity contribution in [3.63, 3.8) is 0 Å². The number of carbonyl (C=O) groups excluding carboxylic acids is 2. The van der Waals surface area contributed by atoms with E-state index in [2.05, 4.69) is 33.9 Å². The van der Waals surface area contributed by atoms with Gasteiger partial charge in [-0.2, -0.15) is 5.26 Å². The summed E-state index contributed by atoms with van der Waals surface area (Å²) in [6.45, 7) is 6.14. The number of nitriles is 1. The van der Waals surface area contributed by atoms with Crippen molar-refractivity contribution < 1.29 is 19.1 Å². The minimum atomic E-state index is -0.492. The van der Waals surface area contributed by atoms with Crippen molar-refractivity contribution >= 4 is 33.9 Å². The summed E-state index contributed by atoms with van der Waals surface area (Å²) in [6, 6.07) is 12.3. The van der Waals surface area contributed by atoms with Crippen molar-refractivity contribution in [2.75, 3.05) is 13.2 Å². The van der Waals surface area contributed by atoms with E-state index in [0.29, 0.717) is 33.7 Å². The number of rotatable bonds is 8. The van der Waals surface area contributed by atoms with E-state index in [9.17, 15) is 14.9 Å². The molecule has 0 saturated carbocycles. The van der Waals surface area contributed by atoms with Gasteiger partial charge in [-0.05, 0) is 36.8 Å². The highest BCUT2D eigenvalue weighted by atomic mass is 79.9. The fourth-order valence-corrected chi connectivity index (χ4v) is 3.41. The summed E-state index contributed by atoms with van der Waals surface area (Å²) in [6.07, 6.45) is 3.06. The van der Waals surface area contributed by atoms with Crippen LogP contribution < -0.4 is 14.8 Å². The molecule has 1 fully saturated rings. The minimum Gasteiger partial charge on any atom is -0.490 e. The Bertz CT molecular complexity index is 1100. The zero-order chi connectivity index (χ0) is 22.4. The van der Waals surface area contributed by atoms with Crippen LogP contribution in [0.4, 0.5) is 4.79 Å². The lowest BCUT2D eigenvalue weighted by Crippen LogP contribution is -2.30. The zero-order valence-electron chi connectivity index (χ0n) is 16.9. The number of ether oxygens (including phenoxy) is 2. The van der Waals surface area contributed by atoms with Crippen LogP contribution in [0.5, 0.6) is 11.5 Å². The van der Waals surface area contributed by atoms with Gasteiger partial charge in [-0.25, -0.2) is 4.79 Å². The summed E-state index contributed by atoms with van der Waals surface area (Å²) in [5, 5.41) is 11.8. The molecule has 2 aromatic rings. The van der Waals surface area contributed by atoms with Crippen molar-refractivity contribution in [2.24, 2.45) is 0 Å². The first-order chi connectivity index (χ1) is 15.0. The highest BCUT2D eigenvalue weighted by Crippen LogP contribution is 2.36. The number of carbonyl (C=O) groups is 2. The molecule has 31 heavy (non-hydrogen) atoms. The van der Waals surface area contributed by atoms with Gasteiger partial charge in [0.25, 0.3) is 5.91 Å². The maximum Gasteiger partial charge on any atom is 0.329 e. The molecular formula is C23H20BrN3O4. The topological polar surface area (TPSA) is 91.7 Å². The second-order valence-electron chi connectivity index (χ2n) is 6.50. The number of nitrogens with one attached hydrogen (secondary N) is 1. The molecule has 3 rings (SSSR count). The first-order valence-electron chi connectivity index (χ1n) is 9.51. The molecule has 0 bridgehead atoms. The van der Waals surface area contributed by atoms with Crippen molar-refractivity contribution in [3.8, 4) is 17.6 Å². The monoisotopic (exact) mass is 481 g/mol. The van der Waals surface area contributed by atoms with Crippen LogP contribution in [-0.2, 0) is 11.4 Å². The van der Waals surface area contributed by atoms with Gasteiger partial charge in [-0.15, -0.1) is 6.58 Å². The fraction of sp³-hybridized carbons (Fsp3) is 0.174. The van der Waals surface area contributed by atoms with E-state index in [4.69, 9.17) is 9.47 Å². The maximum atomic E-state index is 12.4. The summed E-state index contributed by atoms with van der Waals surface area (Å²) in [5.41, 5.74) is 2.10. The SMILES string of the molecule is C=CCN1C(=O)N/C(=C/c2cc(OCC)c(OCc3ccccc3C#N)cc2Br)C1=O. The van der Waals surface area contributed by atoms with Crippen LogP contribution in [0.2, 0.25) is 0 Å². The number of amides is 3. The molecule has 1 saturated heterocycles. The Balaban J connectivity index is 1.89. The van der Waals surface area contributed by atoms with Gasteiger partial charge in [-0.3, -0.25) is 9.69 Å². The van der Waals surface area contributed by atoms with Gasteiger partial charge in [0.1, 0.15) is 12.3 Å². The van der Waals surface area contributed by atoms with Gasteiger partial charge in [0.2, 0.25) is 0 Å². The van der Waals surface area contributed by atoms with Gasteiger partial charge in [0.05, 0.1) is 18.2 Å². The number of nitrogens with zero attached hydrogens (tertiary/aromatic N) is 2. The van der Waals surface area contributed by atoms with Gasteiger partial charge >= 0.3 is 6.03 Å². The standard InChI is InChI=1S/C23H20BrN3O4/c1-3-9-27-22(28)19(26-23(27)29)10-17-11-20(30-4-2)21(12-18(17)24)31-14-16-8-6-5-7-15(16)13-25/h3,5-8,10-12H,1,4,9,14H2,2H3,(H,26,29)/b19-10+. The van der Waals surface area contributed by atoms with Crippen molar-refractivity contribution in [1.82, 2.24) is 10.2 Å². The lowest BCUT2D eigenvalue weighted by molar-refractivity contribution is -0.122. The highest BCUT2D eigenvalue weighted by Gasteiger charge is 2.32. The van der Waals surface area contributed by atoms with E-state index in [1.54, 1.807) is 30.3 Å². The summed E-state index contributed by atoms with van der Waals surface area (Å²) >= 11 is 3.49. The number of hydrogen-bond donors (Lipinski definition) is 1. The smallest absolute Gasteiger partial charge is 0.329 e. The highest BCUT2D eigenvalue weighted by molar-refractivity contribution is 9.10. The molecule has 1 heterocycles. The summed E-state index contributed by atoms with van der Waals surface area (Å²) in [5.74, 6) is 0.536. The molecule has 0 unspecified atom stereocenters. The Morgan fingerprint density at radius 3 is 2.68 bits per heavy atom. The van der Waals surface area contributed by atoms with Gasteiger partial charge < -0.3 is 14.8 Å². The minimum absolute atomic E-state index is 0.129. The third-order valence-electron chi connectivity index (χ3n) is 4.46. The van der Waals surface area contributed by atoms with E-state index in [1.165, 1.54) is 6.08 Å². The zero-order valence-corrected chi connectivity index (χ0v) is 18.4. The van der Waals surface area contributed by atoms with Crippen LogP contribution in [-0.4, -0.2) is 30.0 Å². The average molecular weight is 482 g/mol. The molecule has 1 N–H and O–H groups in total. The quantitative estimate of drug-likeness (QED) is 0.343. The number of urea groups is 1. The Morgan fingerprint density at radius 1 is 1.23 bits per heavy atom. The van der Waals surface area contributed by atoms with E-state index in [1.807, 2.05) is 19.1 Å². The number of hydrogen-bond acceptors (Lipinski definition) is 5. The average Bonchev–Trinajstić information content (AvgIpc) is 3.03. The van der Waals surface area contributed by atoms with Crippen LogP contribution >= 0.6 is 15.9 Å². The Morgan fingerprint density at radius 2 is 1.97 bits per heavy atom. The van der Waals surface area contributed by atoms with Crippen molar-refractivity contribution in [3.05, 3.63) is 75.9 Å². The molecule has 8 heteroatoms. The number of benzene rings is 2. The predicted octanol–water partition coefficient (Wildman–Crippen LogP) is 4.38. The molecule has 0 atom stereocenters. The van der Waals surface area contributed by atoms with E-state index in [-0.39, 0.29) is 18.8 Å². The molecule has 0 aliphatic carbocycles. The van der Waals surface area contributed by atoms with Gasteiger partial charge in [0, 0.05) is 16.6 Å². The Hall–Kier alpha value is -3.57. The van der Waals surface area contributed by atoms with Crippen LogP contribution in [0.3, 0.4) is 0 Å². The molecule has 0 radical (unpaired) electrons. The summed E-state index contributed by atoms with van der Waals surface area (Å²) in [4.78, 5) is 25.5. The van der Waals surface area contributed by atoms with E-state index < -0.39 is 11.9 Å². The second-order valence-corrected chi connectivity index (χ2v) is 7.36. The molecule has 158 valence electrons. The fourth-order valence-electron chi connectivity index (χ4n) is 2.98. The molecule has 2 aromatic carbocycles. The third kappa shape index (κ3) is 4.95. The Labute approximate surface area is 188 Å². The normalized spacial score (nSPS) is 14.4. The molecular weight excluding hydrogens is 462 g/mol. The first-order valence-corrected chi connectivity index (χ1v) is 10.3. The maximum absolute atomic E-state index is 12.4. The number of imide groups is 1. The van der Waals surface area contributed by atoms with E-state index in [0.717, 1.165) is 10.5 Å². The van der Waals surface area contributed by atoms with Crippen LogP contribution in [0, 0.1) is 11.3 Å². The lowest BCUT2D eigenvalue weighted by atomic mass is 10.1.